The number of rotatable bonds is 3. The Bertz CT molecular complexity index is 653. The van der Waals surface area contributed by atoms with Crippen molar-refractivity contribution in [2.45, 2.75) is 6.04 Å². The summed E-state index contributed by atoms with van der Waals surface area (Å²) in [6.45, 7) is 0. The van der Waals surface area contributed by atoms with Gasteiger partial charge in [0.2, 0.25) is 0 Å². The van der Waals surface area contributed by atoms with Crippen LogP contribution in [-0.4, -0.2) is 0 Å². The Labute approximate surface area is 133 Å². The van der Waals surface area contributed by atoms with E-state index in [0.29, 0.717) is 10.6 Å². The van der Waals surface area contributed by atoms with Crippen LogP contribution in [-0.2, 0) is 0 Å². The smallest absolute Gasteiger partial charge is 0.165 e. The molecule has 0 fully saturated rings. The van der Waals surface area contributed by atoms with E-state index in [4.69, 9.17) is 29.0 Å². The molecule has 1 unspecified atom stereocenters. The summed E-state index contributed by atoms with van der Waals surface area (Å²) in [6, 6.07) is 6.36. The van der Waals surface area contributed by atoms with E-state index in [1.165, 1.54) is 6.07 Å². The van der Waals surface area contributed by atoms with Crippen LogP contribution >= 0.6 is 39.1 Å². The van der Waals surface area contributed by atoms with Crippen molar-refractivity contribution in [3.05, 3.63) is 67.6 Å². The maximum absolute atomic E-state index is 14.0. The number of hydrogen-bond donors (Lipinski definition) is 2. The highest BCUT2D eigenvalue weighted by molar-refractivity contribution is 9.10. The van der Waals surface area contributed by atoms with Gasteiger partial charge in [0.1, 0.15) is 0 Å². The van der Waals surface area contributed by atoms with Crippen LogP contribution in [0.2, 0.25) is 10.0 Å². The van der Waals surface area contributed by atoms with E-state index < -0.39 is 17.7 Å². The van der Waals surface area contributed by atoms with Gasteiger partial charge in [0.05, 0.1) is 6.04 Å². The summed E-state index contributed by atoms with van der Waals surface area (Å²) < 4.78 is 28.1. The zero-order chi connectivity index (χ0) is 14.9. The molecule has 0 bridgehead atoms. The van der Waals surface area contributed by atoms with Crippen LogP contribution in [0.25, 0.3) is 0 Å². The average molecular weight is 382 g/mol. The highest BCUT2D eigenvalue weighted by Gasteiger charge is 2.24. The highest BCUT2D eigenvalue weighted by atomic mass is 79.9. The Morgan fingerprint density at radius 3 is 2.40 bits per heavy atom. The van der Waals surface area contributed by atoms with E-state index >= 15 is 0 Å². The van der Waals surface area contributed by atoms with Gasteiger partial charge in [-0.25, -0.2) is 14.2 Å². The maximum atomic E-state index is 14.0. The van der Waals surface area contributed by atoms with Gasteiger partial charge in [0.25, 0.3) is 0 Å². The molecular formula is C13H9BrCl2F2N2. The fourth-order valence-electron chi connectivity index (χ4n) is 1.87. The van der Waals surface area contributed by atoms with Gasteiger partial charge >= 0.3 is 0 Å². The van der Waals surface area contributed by atoms with Crippen molar-refractivity contribution < 1.29 is 8.78 Å². The largest absolute Gasteiger partial charge is 0.271 e. The molecule has 0 aliphatic heterocycles. The summed E-state index contributed by atoms with van der Waals surface area (Å²) in [7, 11) is 0. The minimum absolute atomic E-state index is 0.0610. The Morgan fingerprint density at radius 1 is 1.10 bits per heavy atom. The van der Waals surface area contributed by atoms with Gasteiger partial charge in [-0.2, -0.15) is 0 Å². The minimum atomic E-state index is -1.06. The van der Waals surface area contributed by atoms with Gasteiger partial charge in [-0.15, -0.1) is 0 Å². The van der Waals surface area contributed by atoms with Crippen LogP contribution in [0.3, 0.4) is 0 Å². The molecule has 3 N–H and O–H groups in total. The first-order valence-electron chi connectivity index (χ1n) is 5.50. The lowest BCUT2D eigenvalue weighted by Gasteiger charge is -2.20. The molecule has 0 amide bonds. The molecule has 0 radical (unpaired) electrons. The predicted octanol–water partition coefficient (Wildman–Crippen LogP) is 4.59. The van der Waals surface area contributed by atoms with Crippen molar-refractivity contribution in [3.8, 4) is 0 Å². The molecule has 2 aromatic carbocycles. The van der Waals surface area contributed by atoms with Gasteiger partial charge in [-0.05, 0) is 29.8 Å². The van der Waals surface area contributed by atoms with E-state index in [2.05, 4.69) is 21.4 Å². The summed E-state index contributed by atoms with van der Waals surface area (Å²) in [5.41, 5.74) is 2.82. The molecule has 20 heavy (non-hydrogen) atoms. The lowest BCUT2D eigenvalue weighted by Crippen LogP contribution is -2.30. The highest BCUT2D eigenvalue weighted by Crippen LogP contribution is 2.35. The molecular weight excluding hydrogens is 373 g/mol. The Kier molecular flexibility index (Phi) is 4.99. The molecule has 0 aromatic heterocycles. The van der Waals surface area contributed by atoms with Crippen LogP contribution in [0, 0.1) is 11.6 Å². The molecule has 0 aliphatic rings. The molecule has 7 heteroatoms. The van der Waals surface area contributed by atoms with Crippen LogP contribution < -0.4 is 11.3 Å². The second kappa shape index (κ2) is 6.37. The van der Waals surface area contributed by atoms with Gasteiger partial charge in [0.15, 0.2) is 11.6 Å². The summed E-state index contributed by atoms with van der Waals surface area (Å²) >= 11 is 15.3. The number of hydrogen-bond acceptors (Lipinski definition) is 2. The third kappa shape index (κ3) is 2.97. The van der Waals surface area contributed by atoms with Crippen molar-refractivity contribution in [1.29, 1.82) is 0 Å². The second-order valence-corrected chi connectivity index (χ2v) is 5.75. The van der Waals surface area contributed by atoms with Crippen molar-refractivity contribution in [2.75, 3.05) is 0 Å². The second-order valence-electron chi connectivity index (χ2n) is 4.02. The Morgan fingerprint density at radius 2 is 1.80 bits per heavy atom. The van der Waals surface area contributed by atoms with E-state index in [-0.39, 0.29) is 10.6 Å². The van der Waals surface area contributed by atoms with Gasteiger partial charge < -0.3 is 0 Å². The van der Waals surface area contributed by atoms with Crippen molar-refractivity contribution in [3.63, 3.8) is 0 Å². The first-order valence-corrected chi connectivity index (χ1v) is 7.05. The quantitative estimate of drug-likeness (QED) is 0.463. The zero-order valence-electron chi connectivity index (χ0n) is 9.93. The molecule has 0 saturated carbocycles. The molecule has 0 aliphatic carbocycles. The summed E-state index contributed by atoms with van der Waals surface area (Å²) in [5.74, 6) is 3.41. The van der Waals surface area contributed by atoms with Crippen LogP contribution in [0.15, 0.2) is 34.8 Å². The van der Waals surface area contributed by atoms with Crippen molar-refractivity contribution in [1.82, 2.24) is 5.43 Å². The third-order valence-corrected chi connectivity index (χ3v) is 3.96. The lowest BCUT2D eigenvalue weighted by molar-refractivity contribution is 0.483. The number of hydrazine groups is 1. The monoisotopic (exact) mass is 380 g/mol. The maximum Gasteiger partial charge on any atom is 0.165 e. The summed E-state index contributed by atoms with van der Waals surface area (Å²) in [6.07, 6.45) is 0. The van der Waals surface area contributed by atoms with E-state index in [0.717, 1.165) is 10.5 Å². The molecule has 2 nitrogen and oxygen atoms in total. The molecule has 0 saturated heterocycles. The fraction of sp³-hybridized carbons (Fsp3) is 0.0769. The lowest BCUT2D eigenvalue weighted by atomic mass is 9.98. The molecule has 106 valence electrons. The third-order valence-electron chi connectivity index (χ3n) is 2.81. The van der Waals surface area contributed by atoms with Crippen LogP contribution in [0.1, 0.15) is 17.2 Å². The van der Waals surface area contributed by atoms with Gasteiger partial charge in [0, 0.05) is 20.1 Å². The standard InChI is InChI=1S/C13H9BrCl2F2N2/c14-6-1-2-7(9(16)5-6)13(20-19)11-8(15)3-4-10(17)12(11)18/h1-5,13,20H,19H2. The molecule has 0 spiro atoms. The molecule has 1 atom stereocenters. The summed E-state index contributed by atoms with van der Waals surface area (Å²) in [4.78, 5) is 0. The number of nitrogens with one attached hydrogen (secondary N) is 1. The molecule has 2 aromatic rings. The normalized spacial score (nSPS) is 12.5. The van der Waals surface area contributed by atoms with Gasteiger partial charge in [-0.1, -0.05) is 45.2 Å². The Hall–Kier alpha value is -0.720. The van der Waals surface area contributed by atoms with E-state index in [1.54, 1.807) is 18.2 Å². The first-order chi connectivity index (χ1) is 9.45. The van der Waals surface area contributed by atoms with Crippen molar-refractivity contribution >= 4 is 39.1 Å². The predicted molar refractivity (Wildman–Crippen MR) is 79.7 cm³/mol. The zero-order valence-corrected chi connectivity index (χ0v) is 13.0. The first kappa shape index (κ1) is 15.7. The Balaban J connectivity index is 2.61. The number of nitrogens with two attached hydrogens (primary N) is 1. The van der Waals surface area contributed by atoms with Crippen LogP contribution in [0.5, 0.6) is 0 Å². The number of halogens is 5. The minimum Gasteiger partial charge on any atom is -0.271 e. The van der Waals surface area contributed by atoms with Gasteiger partial charge in [-0.3, -0.25) is 5.84 Å². The number of benzene rings is 2. The van der Waals surface area contributed by atoms with E-state index in [1.807, 2.05) is 0 Å². The molecule has 0 heterocycles. The van der Waals surface area contributed by atoms with E-state index in [9.17, 15) is 8.78 Å². The fourth-order valence-corrected chi connectivity index (χ4v) is 2.91. The molecule has 2 rings (SSSR count). The summed E-state index contributed by atoms with van der Waals surface area (Å²) in [5, 5.41) is 0.410. The SMILES string of the molecule is NNC(c1ccc(Br)cc1Cl)c1c(Cl)ccc(F)c1F. The van der Waals surface area contributed by atoms with Crippen molar-refractivity contribution in [2.24, 2.45) is 5.84 Å². The van der Waals surface area contributed by atoms with Crippen LogP contribution in [0.4, 0.5) is 8.78 Å². The average Bonchev–Trinajstić information content (AvgIpc) is 2.40. The topological polar surface area (TPSA) is 38.0 Å².